The highest BCUT2D eigenvalue weighted by Crippen LogP contribution is 3.02. The van der Waals surface area contributed by atoms with Crippen molar-refractivity contribution in [2.45, 2.75) is 4.90 Å². The maximum Gasteiger partial charge on any atom is 0.310 e. The van der Waals surface area contributed by atoms with Gasteiger partial charge in [-0.1, -0.05) is 19.4 Å². The molecule has 1 aromatic heterocycles. The summed E-state index contributed by atoms with van der Waals surface area (Å²) in [5.74, 6) is -0.564. The number of hydrogen-bond acceptors (Lipinski definition) is 1. The minimum Gasteiger partial charge on any atom is -0.367 e. The highest BCUT2D eigenvalue weighted by atomic mass is 32.5. The third-order valence-corrected chi connectivity index (χ3v) is 3.58. The molecule has 2 N–H and O–H groups in total. The van der Waals surface area contributed by atoms with Gasteiger partial charge in [0.15, 0.2) is 0 Å². The first-order valence-electron chi connectivity index (χ1n) is 5.24. The molecule has 0 radical (unpaired) electrons. The van der Waals surface area contributed by atoms with Crippen LogP contribution in [0.3, 0.4) is 0 Å². The van der Waals surface area contributed by atoms with Crippen LogP contribution in [0, 0.1) is 0 Å². The number of hydrogen-bond donors (Lipinski definition) is 2. The molecule has 0 aliphatic rings. The van der Waals surface area contributed by atoms with Crippen LogP contribution < -0.4 is 5.32 Å². The summed E-state index contributed by atoms with van der Waals surface area (Å²) < 4.78 is 62.4. The van der Waals surface area contributed by atoms with Gasteiger partial charge in [-0.3, -0.25) is 4.79 Å². The van der Waals surface area contributed by atoms with E-state index >= 15 is 0 Å². The van der Waals surface area contributed by atoms with Gasteiger partial charge in [0.25, 0.3) is 5.91 Å². The van der Waals surface area contributed by atoms with Crippen LogP contribution in [-0.4, -0.2) is 10.9 Å². The lowest BCUT2D eigenvalue weighted by molar-refractivity contribution is 0.102. The summed E-state index contributed by atoms with van der Waals surface area (Å²) in [6.45, 7) is 0. The molecule has 110 valence electrons. The maximum atomic E-state index is 12.5. The third-order valence-electron chi connectivity index (χ3n) is 2.42. The Morgan fingerprint density at radius 1 is 1.00 bits per heavy atom. The number of halogens is 5. The second-order valence-electron chi connectivity index (χ2n) is 4.05. The fraction of sp³-hybridized carbons (Fsp3) is 0. The van der Waals surface area contributed by atoms with E-state index in [-0.39, 0.29) is 23.4 Å². The highest BCUT2D eigenvalue weighted by Gasteiger charge is 2.65. The quantitative estimate of drug-likeness (QED) is 0.776. The molecule has 0 fully saturated rings. The van der Waals surface area contributed by atoms with Crippen molar-refractivity contribution in [3.63, 3.8) is 0 Å². The van der Waals surface area contributed by atoms with Gasteiger partial charge in [0.1, 0.15) is 4.90 Å². The summed E-state index contributed by atoms with van der Waals surface area (Å²) in [6.07, 6.45) is 2.88. The van der Waals surface area contributed by atoms with E-state index in [1.165, 1.54) is 18.5 Å². The van der Waals surface area contributed by atoms with Gasteiger partial charge in [-0.2, -0.15) is 0 Å². The number of H-pyrrole nitrogens is 1. The van der Waals surface area contributed by atoms with Crippen molar-refractivity contribution in [1.29, 1.82) is 0 Å². The molecule has 0 bridgehead atoms. The predicted octanol–water partition coefficient (Wildman–Crippen LogP) is 4.92. The number of carbonyl (C=O) groups is 1. The zero-order valence-electron chi connectivity index (χ0n) is 9.75. The molecule has 0 spiro atoms. The highest BCUT2D eigenvalue weighted by molar-refractivity contribution is 8.45. The van der Waals surface area contributed by atoms with E-state index in [2.05, 4.69) is 10.3 Å². The van der Waals surface area contributed by atoms with E-state index in [1.807, 2.05) is 0 Å². The van der Waals surface area contributed by atoms with Gasteiger partial charge in [0.2, 0.25) is 0 Å². The molecule has 1 aromatic carbocycles. The molecule has 9 heteroatoms. The predicted molar refractivity (Wildman–Crippen MR) is 66.6 cm³/mol. The smallest absolute Gasteiger partial charge is 0.310 e. The van der Waals surface area contributed by atoms with Crippen molar-refractivity contribution >= 4 is 21.8 Å². The molecule has 0 aliphatic heterocycles. The second-order valence-corrected chi connectivity index (χ2v) is 6.46. The van der Waals surface area contributed by atoms with Crippen LogP contribution in [0.5, 0.6) is 0 Å². The molecule has 0 aliphatic carbocycles. The van der Waals surface area contributed by atoms with E-state index in [4.69, 9.17) is 0 Å². The number of amides is 1. The Morgan fingerprint density at radius 2 is 1.60 bits per heavy atom. The topological polar surface area (TPSA) is 44.9 Å². The van der Waals surface area contributed by atoms with Crippen molar-refractivity contribution in [3.8, 4) is 0 Å². The average molecular weight is 312 g/mol. The van der Waals surface area contributed by atoms with Crippen LogP contribution in [0.15, 0.2) is 47.6 Å². The normalized spacial score (nSPS) is 15.2. The molecule has 2 aromatic rings. The summed E-state index contributed by atoms with van der Waals surface area (Å²) in [6, 6.07) is 3.50. The number of benzene rings is 1. The minimum absolute atomic E-state index is 0.0122. The molecule has 2 rings (SSSR count). The van der Waals surface area contributed by atoms with E-state index < -0.39 is 21.0 Å². The van der Waals surface area contributed by atoms with Crippen LogP contribution in [0.25, 0.3) is 0 Å². The number of aromatic nitrogens is 1. The van der Waals surface area contributed by atoms with Crippen LogP contribution in [-0.2, 0) is 0 Å². The van der Waals surface area contributed by atoms with Crippen molar-refractivity contribution in [2.24, 2.45) is 0 Å². The van der Waals surface area contributed by atoms with Gasteiger partial charge < -0.3 is 10.3 Å². The number of anilines is 1. The number of aromatic amines is 1. The van der Waals surface area contributed by atoms with Crippen molar-refractivity contribution in [1.82, 2.24) is 4.98 Å². The molecule has 1 heterocycles. The van der Waals surface area contributed by atoms with Gasteiger partial charge >= 0.3 is 10.2 Å². The van der Waals surface area contributed by atoms with Crippen molar-refractivity contribution in [3.05, 3.63) is 48.3 Å². The Kier molecular flexibility index (Phi) is 2.70. The van der Waals surface area contributed by atoms with Crippen molar-refractivity contribution < 1.29 is 24.2 Å². The van der Waals surface area contributed by atoms with E-state index in [1.54, 1.807) is 0 Å². The molecular formula is C11H9F5N2OS. The Labute approximate surface area is 110 Å². The largest absolute Gasteiger partial charge is 0.367 e. The average Bonchev–Trinajstić information content (AvgIpc) is 2.79. The summed E-state index contributed by atoms with van der Waals surface area (Å²) in [5, 5.41) is 2.29. The Hall–Kier alpha value is -2.03. The number of rotatable bonds is 3. The molecule has 20 heavy (non-hydrogen) atoms. The Morgan fingerprint density at radius 3 is 2.05 bits per heavy atom. The Bertz CT molecular complexity index is 634. The van der Waals surface area contributed by atoms with Gasteiger partial charge in [-0.05, 0) is 30.3 Å². The first kappa shape index (κ1) is 14.4. The van der Waals surface area contributed by atoms with E-state index in [0.29, 0.717) is 0 Å². The van der Waals surface area contributed by atoms with Crippen LogP contribution in [0.2, 0.25) is 0 Å². The molecule has 0 saturated heterocycles. The molecule has 1 amide bonds. The molecule has 0 unspecified atom stereocenters. The molecule has 3 nitrogen and oxygen atoms in total. The standard InChI is InChI=1S/C11H9F5N2OS/c12-20(13,14,15,16)10-3-1-9(2-4-10)18-11(19)8-5-6-17-7-8/h1-7,17H,(H,18,19). The fourth-order valence-electron chi connectivity index (χ4n) is 1.46. The minimum atomic E-state index is -9.67. The van der Waals surface area contributed by atoms with Crippen LogP contribution in [0.4, 0.5) is 25.1 Å². The van der Waals surface area contributed by atoms with Gasteiger partial charge in [-0.15, -0.1) is 0 Å². The number of nitrogens with one attached hydrogen (secondary N) is 2. The van der Waals surface area contributed by atoms with Gasteiger partial charge in [0, 0.05) is 18.1 Å². The zero-order valence-corrected chi connectivity index (χ0v) is 10.6. The lowest BCUT2D eigenvalue weighted by atomic mass is 10.3. The lowest BCUT2D eigenvalue weighted by Crippen LogP contribution is -2.11. The van der Waals surface area contributed by atoms with Crippen LogP contribution >= 0.6 is 10.2 Å². The summed E-state index contributed by atoms with van der Waals surface area (Å²) in [7, 11) is -9.67. The molecule has 0 saturated carbocycles. The van der Waals surface area contributed by atoms with E-state index in [9.17, 15) is 24.2 Å². The second kappa shape index (κ2) is 3.75. The first-order chi connectivity index (χ1) is 8.95. The van der Waals surface area contributed by atoms with Crippen molar-refractivity contribution in [2.75, 3.05) is 5.32 Å². The molecular weight excluding hydrogens is 303 g/mol. The lowest BCUT2D eigenvalue weighted by Gasteiger charge is -2.40. The maximum absolute atomic E-state index is 12.5. The van der Waals surface area contributed by atoms with Gasteiger partial charge in [0.05, 0.1) is 5.56 Å². The zero-order chi connectivity index (χ0) is 15.1. The first-order valence-corrected chi connectivity index (χ1v) is 7.19. The van der Waals surface area contributed by atoms with Gasteiger partial charge in [-0.25, -0.2) is 0 Å². The fourth-order valence-corrected chi connectivity index (χ4v) is 2.11. The van der Waals surface area contributed by atoms with Crippen LogP contribution in [0.1, 0.15) is 10.4 Å². The number of carbonyl (C=O) groups excluding carboxylic acids is 1. The SMILES string of the molecule is O=C(Nc1ccc(S(F)(F)(F)(F)F)cc1)c1cc[nH]c1. The summed E-state index contributed by atoms with van der Waals surface area (Å²) >= 11 is 0. The third kappa shape index (κ3) is 3.29. The summed E-state index contributed by atoms with van der Waals surface area (Å²) in [4.78, 5) is 12.2. The Balaban J connectivity index is 2.20. The van der Waals surface area contributed by atoms with E-state index in [0.717, 1.165) is 12.1 Å². The summed E-state index contributed by atoms with van der Waals surface area (Å²) in [5.41, 5.74) is 0.253. The monoisotopic (exact) mass is 312 g/mol. The molecule has 0 atom stereocenters.